The number of benzene rings is 2. The predicted molar refractivity (Wildman–Crippen MR) is 162 cm³/mol. The third-order valence-corrected chi connectivity index (χ3v) is 7.27. The zero-order valence-electron chi connectivity index (χ0n) is 25.4. The maximum absolute atomic E-state index is 13.0. The van der Waals surface area contributed by atoms with Crippen molar-refractivity contribution < 1.29 is 38.2 Å². The van der Waals surface area contributed by atoms with E-state index in [1.54, 1.807) is 0 Å². The first kappa shape index (κ1) is 34.1. The van der Waals surface area contributed by atoms with E-state index in [1.807, 2.05) is 60.7 Å². The summed E-state index contributed by atoms with van der Waals surface area (Å²) in [5.41, 5.74) is 1.58. The lowest BCUT2D eigenvalue weighted by molar-refractivity contribution is -0.189. The minimum atomic E-state index is -1.03. The van der Waals surface area contributed by atoms with Crippen LogP contribution in [0.4, 0.5) is 4.79 Å². The highest BCUT2D eigenvalue weighted by Gasteiger charge is 2.46. The van der Waals surface area contributed by atoms with Gasteiger partial charge in [0.2, 0.25) is 5.91 Å². The number of hydrogen-bond acceptors (Lipinski definition) is 8. The molecule has 3 N–H and O–H groups in total. The van der Waals surface area contributed by atoms with Crippen molar-refractivity contribution in [2.24, 2.45) is 5.92 Å². The van der Waals surface area contributed by atoms with Crippen LogP contribution in [0.3, 0.4) is 0 Å². The monoisotopic (exact) mass is 609 g/mol. The standard InChI is InChI=1S/C33H43N3O8/c1-3-4-5-12-18-26-28(44-31(26)39)30(38)34-20-13-19-27(32(40)42-21-24-14-8-6-9-15-24)36-29(37)23(2)35-33(41)43-22-25-16-10-7-11-17-25/h6-11,14-17,23,26-28H,3-5,12-13,18-22H2,1-2H3,(H,34,38)(H,35,41)(H,36,37)/t23?,26?,27-,28?/m0/s1. The number of amides is 3. The maximum Gasteiger partial charge on any atom is 0.408 e. The van der Waals surface area contributed by atoms with Crippen molar-refractivity contribution >= 4 is 29.8 Å². The molecular weight excluding hydrogens is 566 g/mol. The van der Waals surface area contributed by atoms with Gasteiger partial charge in [0, 0.05) is 6.54 Å². The fourth-order valence-electron chi connectivity index (χ4n) is 4.64. The summed E-state index contributed by atoms with van der Waals surface area (Å²) in [6.45, 7) is 3.85. The first-order valence-electron chi connectivity index (χ1n) is 15.2. The average molecular weight is 610 g/mol. The molecule has 11 heteroatoms. The number of nitrogens with one attached hydrogen (secondary N) is 3. The zero-order chi connectivity index (χ0) is 31.7. The fourth-order valence-corrected chi connectivity index (χ4v) is 4.64. The van der Waals surface area contributed by atoms with Gasteiger partial charge in [-0.1, -0.05) is 93.3 Å². The van der Waals surface area contributed by atoms with E-state index in [0.29, 0.717) is 12.8 Å². The molecule has 11 nitrogen and oxygen atoms in total. The van der Waals surface area contributed by atoms with E-state index >= 15 is 0 Å². The first-order valence-corrected chi connectivity index (χ1v) is 15.2. The average Bonchev–Trinajstić information content (AvgIpc) is 3.03. The summed E-state index contributed by atoms with van der Waals surface area (Å²) in [6.07, 6.45) is 3.56. The summed E-state index contributed by atoms with van der Waals surface area (Å²) in [5, 5.41) is 7.87. The predicted octanol–water partition coefficient (Wildman–Crippen LogP) is 3.94. The number of alkyl carbamates (subject to hydrolysis) is 1. The van der Waals surface area contributed by atoms with Crippen molar-refractivity contribution in [1.82, 2.24) is 16.0 Å². The van der Waals surface area contributed by atoms with E-state index in [2.05, 4.69) is 22.9 Å². The number of rotatable bonds is 18. The molecule has 1 aliphatic heterocycles. The summed E-state index contributed by atoms with van der Waals surface area (Å²) >= 11 is 0. The Morgan fingerprint density at radius 3 is 2.09 bits per heavy atom. The van der Waals surface area contributed by atoms with Gasteiger partial charge in [0.15, 0.2) is 6.10 Å². The number of carbonyl (C=O) groups excluding carboxylic acids is 5. The fraction of sp³-hybridized carbons (Fsp3) is 0.485. The molecule has 0 radical (unpaired) electrons. The molecule has 238 valence electrons. The molecule has 0 aliphatic carbocycles. The Kier molecular flexibility index (Phi) is 14.2. The molecule has 3 unspecified atom stereocenters. The SMILES string of the molecule is CCCCCCC1C(=O)OC1C(=O)NCCC[C@H](NC(=O)C(C)NC(=O)OCc1ccccc1)C(=O)OCc1ccccc1. The third kappa shape index (κ3) is 11.3. The van der Waals surface area contributed by atoms with Gasteiger partial charge < -0.3 is 30.2 Å². The van der Waals surface area contributed by atoms with Crippen LogP contribution in [0.2, 0.25) is 0 Å². The van der Waals surface area contributed by atoms with Crippen LogP contribution < -0.4 is 16.0 Å². The normalized spacial score (nSPS) is 16.8. The smallest absolute Gasteiger partial charge is 0.408 e. The van der Waals surface area contributed by atoms with Crippen LogP contribution >= 0.6 is 0 Å². The van der Waals surface area contributed by atoms with Crippen LogP contribution in [0, 0.1) is 5.92 Å². The molecule has 0 aromatic heterocycles. The molecule has 1 saturated heterocycles. The molecule has 0 bridgehead atoms. The molecule has 1 aliphatic rings. The summed E-state index contributed by atoms with van der Waals surface area (Å²) in [5.74, 6) is -2.39. The van der Waals surface area contributed by atoms with Gasteiger partial charge in [0.25, 0.3) is 5.91 Å². The highest BCUT2D eigenvalue weighted by molar-refractivity contribution is 5.94. The van der Waals surface area contributed by atoms with E-state index in [4.69, 9.17) is 14.2 Å². The Hall–Kier alpha value is -4.41. The van der Waals surface area contributed by atoms with Gasteiger partial charge in [-0.05, 0) is 37.3 Å². The van der Waals surface area contributed by atoms with Gasteiger partial charge in [-0.3, -0.25) is 14.4 Å². The van der Waals surface area contributed by atoms with Crippen molar-refractivity contribution in [2.75, 3.05) is 6.54 Å². The highest BCUT2D eigenvalue weighted by atomic mass is 16.6. The lowest BCUT2D eigenvalue weighted by atomic mass is 9.90. The van der Waals surface area contributed by atoms with Gasteiger partial charge in [-0.25, -0.2) is 9.59 Å². The Labute approximate surface area is 258 Å². The van der Waals surface area contributed by atoms with Crippen molar-refractivity contribution in [2.45, 2.75) is 90.2 Å². The topological polar surface area (TPSA) is 149 Å². The zero-order valence-corrected chi connectivity index (χ0v) is 25.4. The Bertz CT molecular complexity index is 1220. The third-order valence-electron chi connectivity index (χ3n) is 7.27. The van der Waals surface area contributed by atoms with Crippen LogP contribution in [0.15, 0.2) is 60.7 Å². The van der Waals surface area contributed by atoms with Crippen LogP contribution in [-0.4, -0.2) is 54.6 Å². The molecular formula is C33H43N3O8. The van der Waals surface area contributed by atoms with Gasteiger partial charge in [0.1, 0.15) is 31.2 Å². The van der Waals surface area contributed by atoms with Crippen LogP contribution in [-0.2, 0) is 46.6 Å². The van der Waals surface area contributed by atoms with Crippen molar-refractivity contribution in [3.05, 3.63) is 71.8 Å². The molecule has 0 spiro atoms. The summed E-state index contributed by atoms with van der Waals surface area (Å²) in [7, 11) is 0. The van der Waals surface area contributed by atoms with E-state index in [1.165, 1.54) is 6.92 Å². The minimum absolute atomic E-state index is 0.0229. The van der Waals surface area contributed by atoms with E-state index in [9.17, 15) is 24.0 Å². The summed E-state index contributed by atoms with van der Waals surface area (Å²) in [6, 6.07) is 16.2. The lowest BCUT2D eigenvalue weighted by Crippen LogP contribution is -2.54. The molecule has 0 saturated carbocycles. The number of cyclic esters (lactones) is 1. The van der Waals surface area contributed by atoms with E-state index < -0.39 is 42.1 Å². The molecule has 1 heterocycles. The number of carbonyl (C=O) groups is 5. The molecule has 3 amide bonds. The van der Waals surface area contributed by atoms with Gasteiger partial charge >= 0.3 is 18.0 Å². The largest absolute Gasteiger partial charge is 0.459 e. The highest BCUT2D eigenvalue weighted by Crippen LogP contribution is 2.28. The number of unbranched alkanes of at least 4 members (excludes halogenated alkanes) is 3. The van der Waals surface area contributed by atoms with Crippen LogP contribution in [0.25, 0.3) is 0 Å². The molecule has 3 rings (SSSR count). The summed E-state index contributed by atoms with van der Waals surface area (Å²) < 4.78 is 15.7. The quantitative estimate of drug-likeness (QED) is 0.131. The van der Waals surface area contributed by atoms with Crippen molar-refractivity contribution in [1.29, 1.82) is 0 Å². The summed E-state index contributed by atoms with van der Waals surface area (Å²) in [4.78, 5) is 62.6. The number of esters is 2. The minimum Gasteiger partial charge on any atom is -0.459 e. The Morgan fingerprint density at radius 2 is 1.48 bits per heavy atom. The molecule has 2 aromatic rings. The van der Waals surface area contributed by atoms with Crippen molar-refractivity contribution in [3.8, 4) is 0 Å². The number of hydrogen-bond donors (Lipinski definition) is 3. The molecule has 2 aromatic carbocycles. The van der Waals surface area contributed by atoms with Gasteiger partial charge in [-0.15, -0.1) is 0 Å². The molecule has 1 fully saturated rings. The molecule has 44 heavy (non-hydrogen) atoms. The van der Waals surface area contributed by atoms with Gasteiger partial charge in [-0.2, -0.15) is 0 Å². The van der Waals surface area contributed by atoms with Crippen LogP contribution in [0.5, 0.6) is 0 Å². The first-order chi connectivity index (χ1) is 21.3. The second-order valence-electron chi connectivity index (χ2n) is 10.8. The van der Waals surface area contributed by atoms with Gasteiger partial charge in [0.05, 0.1) is 0 Å². The maximum atomic E-state index is 13.0. The second kappa shape index (κ2) is 18.3. The van der Waals surface area contributed by atoms with E-state index in [0.717, 1.165) is 36.8 Å². The van der Waals surface area contributed by atoms with Crippen molar-refractivity contribution in [3.63, 3.8) is 0 Å². The second-order valence-corrected chi connectivity index (χ2v) is 10.8. The Balaban J connectivity index is 1.48. The lowest BCUT2D eigenvalue weighted by Gasteiger charge is -2.34. The number of ether oxygens (including phenoxy) is 3. The Morgan fingerprint density at radius 1 is 0.841 bits per heavy atom. The molecule has 4 atom stereocenters. The van der Waals surface area contributed by atoms with E-state index in [-0.39, 0.29) is 38.1 Å². The van der Waals surface area contributed by atoms with Crippen LogP contribution in [0.1, 0.15) is 69.9 Å².